The predicted molar refractivity (Wildman–Crippen MR) is 135 cm³/mol. The molecule has 9 heteroatoms. The van der Waals surface area contributed by atoms with Crippen LogP contribution in [0.25, 0.3) is 17.1 Å². The lowest BCUT2D eigenvalue weighted by Gasteiger charge is -2.28. The second kappa shape index (κ2) is 11.8. The van der Waals surface area contributed by atoms with Crippen molar-refractivity contribution in [2.24, 2.45) is 0 Å². The van der Waals surface area contributed by atoms with E-state index in [0.717, 1.165) is 30.1 Å². The highest BCUT2D eigenvalue weighted by Gasteiger charge is 2.22. The van der Waals surface area contributed by atoms with Crippen molar-refractivity contribution in [3.63, 3.8) is 0 Å². The summed E-state index contributed by atoms with van der Waals surface area (Å²) in [6.45, 7) is 6.30. The van der Waals surface area contributed by atoms with Crippen molar-refractivity contribution in [2.45, 2.75) is 25.0 Å². The van der Waals surface area contributed by atoms with Crippen LogP contribution >= 0.6 is 11.8 Å². The van der Waals surface area contributed by atoms with Crippen LogP contribution in [0.15, 0.2) is 82.6 Å². The fourth-order valence-corrected chi connectivity index (χ4v) is 4.69. The summed E-state index contributed by atoms with van der Waals surface area (Å²) in [7, 11) is 0. The molecule has 0 aliphatic carbocycles. The van der Waals surface area contributed by atoms with Gasteiger partial charge in [-0.15, -0.1) is 10.2 Å². The summed E-state index contributed by atoms with van der Waals surface area (Å²) < 4.78 is 21.0. The summed E-state index contributed by atoms with van der Waals surface area (Å²) in [5.41, 5.74) is 1.60. The van der Waals surface area contributed by atoms with Gasteiger partial charge < -0.3 is 9.73 Å². The number of furan rings is 1. The molecule has 0 saturated carbocycles. The van der Waals surface area contributed by atoms with Gasteiger partial charge in [-0.25, -0.2) is 4.39 Å². The van der Waals surface area contributed by atoms with E-state index in [9.17, 15) is 9.18 Å². The highest BCUT2D eigenvalue weighted by atomic mass is 32.2. The number of likely N-dealkylation sites (N-methyl/N-ethyl adjacent to an activating group) is 1. The van der Waals surface area contributed by atoms with Crippen molar-refractivity contribution < 1.29 is 13.6 Å². The van der Waals surface area contributed by atoms with E-state index in [-0.39, 0.29) is 23.5 Å². The summed E-state index contributed by atoms with van der Waals surface area (Å²) in [4.78, 5) is 15.0. The zero-order valence-corrected chi connectivity index (χ0v) is 20.5. The fraction of sp³-hybridized carbons (Fsp3) is 0.269. The molecule has 2 aromatic heterocycles. The van der Waals surface area contributed by atoms with Gasteiger partial charge in [-0.1, -0.05) is 55.9 Å². The predicted octanol–water partition coefficient (Wildman–Crippen LogP) is 4.96. The van der Waals surface area contributed by atoms with Crippen LogP contribution in [-0.2, 0) is 4.79 Å². The maximum absolute atomic E-state index is 13.6. The number of amides is 1. The van der Waals surface area contributed by atoms with Gasteiger partial charge in [0.1, 0.15) is 11.6 Å². The molecule has 4 aromatic rings. The monoisotopic (exact) mass is 493 g/mol. The van der Waals surface area contributed by atoms with Crippen LogP contribution in [0.1, 0.15) is 25.6 Å². The standard InChI is InChI=1S/C26H28FN5O2S/c1-3-31(4-2)22(23-11-8-16-34-23)17-28-24(33)18-35-26-30-29-25(19-9-6-5-7-10-19)32(26)21-14-12-20(27)13-15-21/h5-16,22H,3-4,17-18H2,1-2H3,(H,28,33)/t22-/m1/s1. The molecular weight excluding hydrogens is 465 g/mol. The molecular formula is C26H28FN5O2S. The van der Waals surface area contributed by atoms with Crippen molar-refractivity contribution in [3.8, 4) is 17.1 Å². The lowest BCUT2D eigenvalue weighted by Crippen LogP contribution is -2.38. The summed E-state index contributed by atoms with van der Waals surface area (Å²) in [5, 5.41) is 12.3. The maximum Gasteiger partial charge on any atom is 0.230 e. The number of nitrogens with one attached hydrogen (secondary N) is 1. The Kier molecular flexibility index (Phi) is 8.33. The third kappa shape index (κ3) is 5.98. The van der Waals surface area contributed by atoms with E-state index in [0.29, 0.717) is 17.5 Å². The highest BCUT2D eigenvalue weighted by Crippen LogP contribution is 2.28. The number of carbonyl (C=O) groups excluding carboxylic acids is 1. The first-order valence-electron chi connectivity index (χ1n) is 11.5. The Hall–Kier alpha value is -3.43. The Morgan fingerprint density at radius 3 is 2.46 bits per heavy atom. The van der Waals surface area contributed by atoms with E-state index in [1.165, 1.54) is 23.9 Å². The molecule has 35 heavy (non-hydrogen) atoms. The molecule has 0 aliphatic rings. The van der Waals surface area contributed by atoms with Gasteiger partial charge in [0.2, 0.25) is 5.91 Å². The summed E-state index contributed by atoms with van der Waals surface area (Å²) >= 11 is 1.29. The first-order chi connectivity index (χ1) is 17.1. The van der Waals surface area contributed by atoms with E-state index >= 15 is 0 Å². The van der Waals surface area contributed by atoms with Gasteiger partial charge in [-0.2, -0.15) is 0 Å². The molecule has 2 aromatic carbocycles. The molecule has 7 nitrogen and oxygen atoms in total. The molecule has 2 heterocycles. The molecule has 1 N–H and O–H groups in total. The minimum absolute atomic E-state index is 0.0403. The number of benzene rings is 2. The molecule has 0 unspecified atom stereocenters. The van der Waals surface area contributed by atoms with Crippen LogP contribution < -0.4 is 5.32 Å². The van der Waals surface area contributed by atoms with Crippen molar-refractivity contribution in [3.05, 3.63) is 84.6 Å². The zero-order valence-electron chi connectivity index (χ0n) is 19.7. The quantitative estimate of drug-likeness (QED) is 0.298. The van der Waals surface area contributed by atoms with Gasteiger partial charge in [0.05, 0.1) is 18.1 Å². The first-order valence-corrected chi connectivity index (χ1v) is 12.5. The van der Waals surface area contributed by atoms with Crippen LogP contribution in [0, 0.1) is 5.82 Å². The van der Waals surface area contributed by atoms with Crippen molar-refractivity contribution in [1.82, 2.24) is 25.0 Å². The average molecular weight is 494 g/mol. The van der Waals surface area contributed by atoms with Crippen LogP contribution in [0.4, 0.5) is 4.39 Å². The van der Waals surface area contributed by atoms with E-state index in [2.05, 4.69) is 34.3 Å². The van der Waals surface area contributed by atoms with Crippen molar-refractivity contribution >= 4 is 17.7 Å². The van der Waals surface area contributed by atoms with Crippen LogP contribution in [0.3, 0.4) is 0 Å². The zero-order chi connectivity index (χ0) is 24.6. The Balaban J connectivity index is 1.49. The number of aromatic nitrogens is 3. The molecule has 0 aliphatic heterocycles. The Labute approximate surface area is 208 Å². The third-order valence-electron chi connectivity index (χ3n) is 5.70. The molecule has 1 amide bonds. The van der Waals surface area contributed by atoms with Crippen LogP contribution in [0.2, 0.25) is 0 Å². The molecule has 0 radical (unpaired) electrons. The summed E-state index contributed by atoms with van der Waals surface area (Å²) in [6, 6.07) is 19.5. The number of nitrogens with zero attached hydrogens (tertiary/aromatic N) is 4. The fourth-order valence-electron chi connectivity index (χ4n) is 3.91. The topological polar surface area (TPSA) is 76.2 Å². The first kappa shape index (κ1) is 24.7. The normalized spacial score (nSPS) is 12.1. The van der Waals surface area contributed by atoms with Gasteiger partial charge in [0.15, 0.2) is 11.0 Å². The lowest BCUT2D eigenvalue weighted by atomic mass is 10.2. The molecule has 0 bridgehead atoms. The number of halogens is 1. The van der Waals surface area contributed by atoms with Crippen molar-refractivity contribution in [1.29, 1.82) is 0 Å². The number of hydrogen-bond donors (Lipinski definition) is 1. The van der Waals surface area contributed by atoms with Gasteiger partial charge >= 0.3 is 0 Å². The van der Waals surface area contributed by atoms with Gasteiger partial charge in [0.25, 0.3) is 0 Å². The second-order valence-corrected chi connectivity index (χ2v) is 8.77. The Morgan fingerprint density at radius 1 is 1.06 bits per heavy atom. The molecule has 1 atom stereocenters. The number of rotatable bonds is 11. The number of carbonyl (C=O) groups is 1. The highest BCUT2D eigenvalue weighted by molar-refractivity contribution is 7.99. The minimum Gasteiger partial charge on any atom is -0.468 e. The van der Waals surface area contributed by atoms with Crippen LogP contribution in [-0.4, -0.2) is 51.0 Å². The lowest BCUT2D eigenvalue weighted by molar-refractivity contribution is -0.118. The van der Waals surface area contributed by atoms with E-state index in [1.807, 2.05) is 47.0 Å². The minimum atomic E-state index is -0.323. The van der Waals surface area contributed by atoms with Crippen molar-refractivity contribution in [2.75, 3.05) is 25.4 Å². The maximum atomic E-state index is 13.6. The van der Waals surface area contributed by atoms with E-state index < -0.39 is 0 Å². The molecule has 0 spiro atoms. The summed E-state index contributed by atoms with van der Waals surface area (Å²) in [5.74, 6) is 1.17. The van der Waals surface area contributed by atoms with Gasteiger partial charge in [0, 0.05) is 17.8 Å². The van der Waals surface area contributed by atoms with E-state index in [4.69, 9.17) is 4.42 Å². The summed E-state index contributed by atoms with van der Waals surface area (Å²) in [6.07, 6.45) is 1.65. The Morgan fingerprint density at radius 2 is 1.80 bits per heavy atom. The third-order valence-corrected chi connectivity index (χ3v) is 6.63. The smallest absolute Gasteiger partial charge is 0.230 e. The molecule has 0 saturated heterocycles. The van der Waals surface area contributed by atoms with Gasteiger partial charge in [-0.05, 0) is 49.5 Å². The molecule has 0 fully saturated rings. The largest absolute Gasteiger partial charge is 0.468 e. The van der Waals surface area contributed by atoms with Crippen LogP contribution in [0.5, 0.6) is 0 Å². The van der Waals surface area contributed by atoms with E-state index in [1.54, 1.807) is 18.4 Å². The average Bonchev–Trinajstić information content (AvgIpc) is 3.57. The Bertz CT molecular complexity index is 1210. The number of thioether (sulfide) groups is 1. The second-order valence-electron chi connectivity index (χ2n) is 7.83. The molecule has 182 valence electrons. The molecule has 4 rings (SSSR count). The van der Waals surface area contributed by atoms with Gasteiger partial charge in [-0.3, -0.25) is 14.3 Å². The SMILES string of the molecule is CCN(CC)[C@H](CNC(=O)CSc1nnc(-c2ccccc2)n1-c1ccc(F)cc1)c1ccco1. The number of hydrogen-bond acceptors (Lipinski definition) is 6.